The Bertz CT molecular complexity index is 560. The summed E-state index contributed by atoms with van der Waals surface area (Å²) in [6, 6.07) is 3.54. The van der Waals surface area contributed by atoms with Crippen LogP contribution in [-0.2, 0) is 0 Å². The Hall–Kier alpha value is -1.59. The minimum atomic E-state index is 0.0183. The fourth-order valence-corrected chi connectivity index (χ4v) is 1.90. The first-order chi connectivity index (χ1) is 8.45. The molecule has 0 saturated carbocycles. The molecule has 2 aromatic rings. The predicted octanol–water partition coefficient (Wildman–Crippen LogP) is 3.24. The second kappa shape index (κ2) is 4.96. The maximum absolute atomic E-state index is 9.67. The van der Waals surface area contributed by atoms with Crippen LogP contribution in [0.4, 0.5) is 11.6 Å². The van der Waals surface area contributed by atoms with Crippen LogP contribution >= 0.6 is 23.2 Å². The number of benzene rings is 1. The van der Waals surface area contributed by atoms with Crippen molar-refractivity contribution in [3.05, 3.63) is 33.8 Å². The number of aromatic nitrogens is 3. The van der Waals surface area contributed by atoms with Crippen molar-refractivity contribution < 1.29 is 5.11 Å². The lowest BCUT2D eigenvalue weighted by Crippen LogP contribution is -2.00. The zero-order valence-electron chi connectivity index (χ0n) is 9.70. The van der Waals surface area contributed by atoms with Crippen LogP contribution in [0, 0.1) is 13.8 Å². The number of aryl methyl sites for hydroxylation is 2. The van der Waals surface area contributed by atoms with E-state index in [2.05, 4.69) is 20.3 Å². The molecule has 0 amide bonds. The first-order valence-electron chi connectivity index (χ1n) is 5.10. The lowest BCUT2D eigenvalue weighted by Gasteiger charge is -2.09. The number of aromatic hydroxyl groups is 1. The van der Waals surface area contributed by atoms with Crippen molar-refractivity contribution in [1.29, 1.82) is 0 Å². The third-order valence-electron chi connectivity index (χ3n) is 2.33. The van der Waals surface area contributed by atoms with Crippen molar-refractivity contribution in [3.63, 3.8) is 0 Å². The molecule has 1 aromatic heterocycles. The van der Waals surface area contributed by atoms with E-state index < -0.39 is 0 Å². The first kappa shape index (κ1) is 12.9. The van der Waals surface area contributed by atoms with E-state index in [0.29, 0.717) is 0 Å². The molecule has 0 aliphatic rings. The summed E-state index contributed by atoms with van der Waals surface area (Å²) in [6.45, 7) is 3.61. The molecule has 5 nitrogen and oxygen atoms in total. The van der Waals surface area contributed by atoms with Crippen LogP contribution in [-0.4, -0.2) is 20.1 Å². The van der Waals surface area contributed by atoms with E-state index in [1.807, 2.05) is 0 Å². The van der Waals surface area contributed by atoms with E-state index in [1.54, 1.807) is 26.0 Å². The lowest BCUT2D eigenvalue weighted by molar-refractivity contribution is 0.467. The number of phenolic OH excluding ortho intramolecular Hbond substituents is 1. The number of anilines is 2. The summed E-state index contributed by atoms with van der Waals surface area (Å²) in [5.74, 6) is 0.525. The molecular weight excluding hydrogens is 275 g/mol. The van der Waals surface area contributed by atoms with Gasteiger partial charge in [0.15, 0.2) is 0 Å². The molecule has 0 saturated heterocycles. The van der Waals surface area contributed by atoms with E-state index in [1.165, 1.54) is 0 Å². The summed E-state index contributed by atoms with van der Waals surface area (Å²) in [4.78, 5) is 11.4. The Morgan fingerprint density at radius 3 is 2.00 bits per heavy atom. The van der Waals surface area contributed by atoms with Crippen molar-refractivity contribution >= 4 is 34.8 Å². The summed E-state index contributed by atoms with van der Waals surface area (Å²) in [6.07, 6.45) is 0. The van der Waals surface area contributed by atoms with Crippen LogP contribution in [0.15, 0.2) is 12.1 Å². The van der Waals surface area contributed by atoms with Crippen molar-refractivity contribution in [2.75, 3.05) is 5.32 Å². The number of nitrogens with zero attached hydrogens (tertiary/aromatic N) is 3. The van der Waals surface area contributed by atoms with E-state index >= 15 is 0 Å². The molecule has 94 valence electrons. The number of halogens is 2. The highest BCUT2D eigenvalue weighted by Gasteiger charge is 2.07. The fraction of sp³-hybridized carbons (Fsp3) is 0.182. The molecule has 0 bridgehead atoms. The monoisotopic (exact) mass is 284 g/mol. The van der Waals surface area contributed by atoms with Crippen molar-refractivity contribution in [2.45, 2.75) is 13.8 Å². The van der Waals surface area contributed by atoms with E-state index in [-0.39, 0.29) is 22.3 Å². The first-order valence-corrected chi connectivity index (χ1v) is 5.85. The lowest BCUT2D eigenvalue weighted by atomic mass is 10.1. The molecule has 0 spiro atoms. The van der Waals surface area contributed by atoms with Crippen LogP contribution in [0.3, 0.4) is 0 Å². The van der Waals surface area contributed by atoms with Crippen LogP contribution in [0.2, 0.25) is 10.6 Å². The fourth-order valence-electron chi connectivity index (χ4n) is 1.54. The molecular formula is C11H10Cl2N4O. The topological polar surface area (TPSA) is 70.9 Å². The summed E-state index contributed by atoms with van der Waals surface area (Å²) in [7, 11) is 0. The Morgan fingerprint density at radius 1 is 1.00 bits per heavy atom. The molecule has 1 heterocycles. The molecule has 0 atom stereocenters. The molecule has 2 rings (SSSR count). The zero-order chi connectivity index (χ0) is 13.3. The van der Waals surface area contributed by atoms with Crippen molar-refractivity contribution in [1.82, 2.24) is 15.0 Å². The Kier molecular flexibility index (Phi) is 3.54. The predicted molar refractivity (Wildman–Crippen MR) is 70.7 cm³/mol. The van der Waals surface area contributed by atoms with Gasteiger partial charge in [0.1, 0.15) is 5.75 Å². The Morgan fingerprint density at radius 2 is 1.50 bits per heavy atom. The van der Waals surface area contributed by atoms with Gasteiger partial charge >= 0.3 is 0 Å². The maximum Gasteiger partial charge on any atom is 0.232 e. The van der Waals surface area contributed by atoms with E-state index in [9.17, 15) is 5.11 Å². The molecule has 18 heavy (non-hydrogen) atoms. The minimum absolute atomic E-state index is 0.0183. The highest BCUT2D eigenvalue weighted by molar-refractivity contribution is 6.31. The van der Waals surface area contributed by atoms with Crippen LogP contribution < -0.4 is 5.32 Å². The molecule has 0 aliphatic carbocycles. The second-order valence-corrected chi connectivity index (χ2v) is 4.46. The zero-order valence-corrected chi connectivity index (χ0v) is 11.2. The largest absolute Gasteiger partial charge is 0.507 e. The van der Waals surface area contributed by atoms with Gasteiger partial charge in [-0.3, -0.25) is 0 Å². The quantitative estimate of drug-likeness (QED) is 0.829. The maximum atomic E-state index is 9.67. The van der Waals surface area contributed by atoms with Gasteiger partial charge in [0, 0.05) is 5.69 Å². The standard InChI is InChI=1S/C11H10Cl2N4O/c1-5-3-7(4-6(2)8(5)18)14-11-16-9(12)15-10(13)17-11/h3-4,18H,1-2H3,(H,14,15,16,17). The number of phenols is 1. The molecule has 0 fully saturated rings. The highest BCUT2D eigenvalue weighted by Crippen LogP contribution is 2.27. The van der Waals surface area contributed by atoms with Crippen LogP contribution in [0.1, 0.15) is 11.1 Å². The third-order valence-corrected chi connectivity index (χ3v) is 2.67. The average molecular weight is 285 g/mol. The van der Waals surface area contributed by atoms with Gasteiger partial charge in [0.2, 0.25) is 16.5 Å². The second-order valence-electron chi connectivity index (χ2n) is 3.78. The number of hydrogen-bond acceptors (Lipinski definition) is 5. The SMILES string of the molecule is Cc1cc(Nc2nc(Cl)nc(Cl)n2)cc(C)c1O. The molecule has 2 N–H and O–H groups in total. The minimum Gasteiger partial charge on any atom is -0.507 e. The summed E-state index contributed by atoms with van der Waals surface area (Å²) in [5.41, 5.74) is 2.24. The third kappa shape index (κ3) is 2.80. The number of hydrogen-bond donors (Lipinski definition) is 2. The summed E-state index contributed by atoms with van der Waals surface area (Å²) >= 11 is 11.4. The molecule has 0 aliphatic heterocycles. The molecule has 7 heteroatoms. The normalized spacial score (nSPS) is 10.4. The van der Waals surface area contributed by atoms with Crippen molar-refractivity contribution in [3.8, 4) is 5.75 Å². The molecule has 0 radical (unpaired) electrons. The number of rotatable bonds is 2. The van der Waals surface area contributed by atoms with Gasteiger partial charge < -0.3 is 10.4 Å². The smallest absolute Gasteiger partial charge is 0.232 e. The Balaban J connectivity index is 2.34. The Labute approximate surface area is 114 Å². The van der Waals surface area contributed by atoms with Gasteiger partial charge in [0.05, 0.1) is 0 Å². The van der Waals surface area contributed by atoms with Crippen molar-refractivity contribution in [2.24, 2.45) is 0 Å². The van der Waals surface area contributed by atoms with Gasteiger partial charge in [-0.2, -0.15) is 15.0 Å². The van der Waals surface area contributed by atoms with E-state index in [0.717, 1.165) is 16.8 Å². The number of nitrogens with one attached hydrogen (secondary N) is 1. The van der Waals surface area contributed by atoms with E-state index in [4.69, 9.17) is 23.2 Å². The van der Waals surface area contributed by atoms with Gasteiger partial charge in [-0.25, -0.2) is 0 Å². The highest BCUT2D eigenvalue weighted by atomic mass is 35.5. The average Bonchev–Trinajstić information content (AvgIpc) is 2.24. The van der Waals surface area contributed by atoms with Crippen LogP contribution in [0.5, 0.6) is 5.75 Å². The van der Waals surface area contributed by atoms with Gasteiger partial charge in [-0.1, -0.05) is 0 Å². The molecule has 0 unspecified atom stereocenters. The molecule has 1 aromatic carbocycles. The van der Waals surface area contributed by atoms with Gasteiger partial charge in [-0.05, 0) is 60.3 Å². The van der Waals surface area contributed by atoms with Gasteiger partial charge in [-0.15, -0.1) is 0 Å². The van der Waals surface area contributed by atoms with Gasteiger partial charge in [0.25, 0.3) is 0 Å². The summed E-state index contributed by atoms with van der Waals surface area (Å²) < 4.78 is 0. The van der Waals surface area contributed by atoms with Crippen LogP contribution in [0.25, 0.3) is 0 Å². The summed E-state index contributed by atoms with van der Waals surface area (Å²) in [5, 5.41) is 12.7.